The van der Waals surface area contributed by atoms with Crippen molar-refractivity contribution in [1.29, 1.82) is 0 Å². The van der Waals surface area contributed by atoms with Crippen molar-refractivity contribution in [2.75, 3.05) is 0 Å². The number of carbonyl (C=O) groups is 1. The maximum Gasteiger partial charge on any atom is 0.231 e. The molecular weight excluding hydrogens is 222 g/mol. The Balaban J connectivity index is 2.31. The number of hydrogen-bond acceptors (Lipinski definition) is 1. The van der Waals surface area contributed by atoms with Crippen molar-refractivity contribution >= 4 is 5.91 Å². The fourth-order valence-electron chi connectivity index (χ4n) is 2.84. The lowest BCUT2D eigenvalue weighted by molar-refractivity contribution is -0.128. The molecule has 2 heteroatoms. The van der Waals surface area contributed by atoms with Crippen LogP contribution >= 0.6 is 0 Å². The molecule has 1 aromatic rings. The predicted molar refractivity (Wildman–Crippen MR) is 74.5 cm³/mol. The van der Waals surface area contributed by atoms with Gasteiger partial charge in [0.05, 0.1) is 5.41 Å². The van der Waals surface area contributed by atoms with E-state index >= 15 is 0 Å². The zero-order chi connectivity index (χ0) is 13.2. The molecule has 1 aliphatic carbocycles. The summed E-state index contributed by atoms with van der Waals surface area (Å²) in [7, 11) is 0. The van der Waals surface area contributed by atoms with Gasteiger partial charge in [0, 0.05) is 5.54 Å². The molecule has 0 unspecified atom stereocenters. The van der Waals surface area contributed by atoms with Crippen molar-refractivity contribution < 1.29 is 4.79 Å². The van der Waals surface area contributed by atoms with Crippen LogP contribution in [0, 0.1) is 0 Å². The van der Waals surface area contributed by atoms with E-state index in [1.165, 1.54) is 5.56 Å². The van der Waals surface area contributed by atoms with E-state index in [-0.39, 0.29) is 16.9 Å². The highest BCUT2D eigenvalue weighted by molar-refractivity contribution is 5.89. The van der Waals surface area contributed by atoms with Crippen molar-refractivity contribution in [1.82, 2.24) is 5.32 Å². The van der Waals surface area contributed by atoms with Crippen LogP contribution in [0.25, 0.3) is 0 Å². The first kappa shape index (κ1) is 13.1. The van der Waals surface area contributed by atoms with Crippen LogP contribution in [-0.4, -0.2) is 11.4 Å². The van der Waals surface area contributed by atoms with Crippen LogP contribution in [0.4, 0.5) is 0 Å². The van der Waals surface area contributed by atoms with E-state index < -0.39 is 0 Å². The number of rotatable bonds is 2. The van der Waals surface area contributed by atoms with E-state index in [4.69, 9.17) is 0 Å². The van der Waals surface area contributed by atoms with Crippen LogP contribution in [-0.2, 0) is 10.2 Å². The van der Waals surface area contributed by atoms with Gasteiger partial charge in [-0.25, -0.2) is 0 Å². The summed E-state index contributed by atoms with van der Waals surface area (Å²) < 4.78 is 0. The van der Waals surface area contributed by atoms with E-state index in [1.54, 1.807) is 0 Å². The number of nitrogens with one attached hydrogen (secondary N) is 1. The molecule has 0 bridgehead atoms. The first-order chi connectivity index (χ1) is 8.44. The fraction of sp³-hybridized carbons (Fsp3) is 0.562. The van der Waals surface area contributed by atoms with Gasteiger partial charge in [0.2, 0.25) is 5.91 Å². The summed E-state index contributed by atoms with van der Waals surface area (Å²) in [6, 6.07) is 10.2. The minimum absolute atomic E-state index is 0.165. The number of amides is 1. The largest absolute Gasteiger partial charge is 0.351 e. The Morgan fingerprint density at radius 1 is 1.11 bits per heavy atom. The topological polar surface area (TPSA) is 29.1 Å². The van der Waals surface area contributed by atoms with Gasteiger partial charge >= 0.3 is 0 Å². The molecular formula is C16H23NO. The summed E-state index contributed by atoms with van der Waals surface area (Å²) in [5, 5.41) is 3.16. The van der Waals surface area contributed by atoms with E-state index in [1.807, 2.05) is 39.0 Å². The predicted octanol–water partition coefficient (Wildman–Crippen LogP) is 3.41. The maximum atomic E-state index is 12.7. The normalized spacial score (nSPS) is 18.6. The van der Waals surface area contributed by atoms with Gasteiger partial charge in [0.15, 0.2) is 0 Å². The lowest BCUT2D eigenvalue weighted by Crippen LogP contribution is -2.50. The first-order valence-electron chi connectivity index (χ1n) is 6.82. The zero-order valence-electron chi connectivity index (χ0n) is 11.6. The second-order valence-electron chi connectivity index (χ2n) is 6.36. The molecule has 0 aromatic heterocycles. The summed E-state index contributed by atoms with van der Waals surface area (Å²) in [6.45, 7) is 6.12. The molecule has 2 rings (SSSR count). The van der Waals surface area contributed by atoms with Crippen LogP contribution in [0.15, 0.2) is 30.3 Å². The third-order valence-corrected chi connectivity index (χ3v) is 3.71. The van der Waals surface area contributed by atoms with Crippen LogP contribution in [0.1, 0.15) is 52.0 Å². The molecule has 0 spiro atoms. The van der Waals surface area contributed by atoms with Gasteiger partial charge in [0.1, 0.15) is 0 Å². The minimum atomic E-state index is -0.297. The molecule has 1 aliphatic rings. The Morgan fingerprint density at radius 2 is 1.67 bits per heavy atom. The molecule has 0 saturated heterocycles. The molecule has 1 fully saturated rings. The molecule has 18 heavy (non-hydrogen) atoms. The zero-order valence-corrected chi connectivity index (χ0v) is 11.6. The van der Waals surface area contributed by atoms with Gasteiger partial charge < -0.3 is 5.32 Å². The SMILES string of the molecule is CC(C)(C)NC(=O)C1(c2ccccc2)CCCC1. The van der Waals surface area contributed by atoms with E-state index in [0.29, 0.717) is 0 Å². The second kappa shape index (κ2) is 4.75. The molecule has 1 N–H and O–H groups in total. The van der Waals surface area contributed by atoms with Crippen molar-refractivity contribution in [2.45, 2.75) is 57.4 Å². The lowest BCUT2D eigenvalue weighted by Gasteiger charge is -2.32. The molecule has 0 radical (unpaired) electrons. The molecule has 1 aromatic carbocycles. The highest BCUT2D eigenvalue weighted by Crippen LogP contribution is 2.41. The minimum Gasteiger partial charge on any atom is -0.351 e. The van der Waals surface area contributed by atoms with Gasteiger partial charge in [-0.05, 0) is 39.2 Å². The third-order valence-electron chi connectivity index (χ3n) is 3.71. The van der Waals surface area contributed by atoms with Crippen molar-refractivity contribution in [3.05, 3.63) is 35.9 Å². The average molecular weight is 245 g/mol. The Hall–Kier alpha value is -1.31. The summed E-state index contributed by atoms with van der Waals surface area (Å²) in [6.07, 6.45) is 4.23. The van der Waals surface area contributed by atoms with Crippen molar-refractivity contribution in [3.8, 4) is 0 Å². The number of hydrogen-bond donors (Lipinski definition) is 1. The van der Waals surface area contributed by atoms with E-state index in [9.17, 15) is 4.79 Å². The Labute approximate surface area is 110 Å². The quantitative estimate of drug-likeness (QED) is 0.850. The third kappa shape index (κ3) is 2.58. The van der Waals surface area contributed by atoms with Gasteiger partial charge in [-0.3, -0.25) is 4.79 Å². The number of carbonyl (C=O) groups excluding carboxylic acids is 1. The lowest BCUT2D eigenvalue weighted by atomic mass is 9.77. The second-order valence-corrected chi connectivity index (χ2v) is 6.36. The number of benzene rings is 1. The summed E-state index contributed by atoms with van der Waals surface area (Å²) in [5.41, 5.74) is 0.708. The Morgan fingerprint density at radius 3 is 2.17 bits per heavy atom. The van der Waals surface area contributed by atoms with Crippen molar-refractivity contribution in [2.24, 2.45) is 0 Å². The standard InChI is InChI=1S/C16H23NO/c1-15(2,3)17-14(18)16(11-7-8-12-16)13-9-5-4-6-10-13/h4-6,9-10H,7-8,11-12H2,1-3H3,(H,17,18). The molecule has 98 valence electrons. The highest BCUT2D eigenvalue weighted by atomic mass is 16.2. The molecule has 1 amide bonds. The first-order valence-corrected chi connectivity index (χ1v) is 6.82. The smallest absolute Gasteiger partial charge is 0.231 e. The van der Waals surface area contributed by atoms with Crippen LogP contribution in [0.3, 0.4) is 0 Å². The highest BCUT2D eigenvalue weighted by Gasteiger charge is 2.43. The molecule has 0 atom stereocenters. The molecule has 2 nitrogen and oxygen atoms in total. The van der Waals surface area contributed by atoms with Crippen LogP contribution in [0.2, 0.25) is 0 Å². The average Bonchev–Trinajstić information content (AvgIpc) is 2.78. The van der Waals surface area contributed by atoms with Gasteiger partial charge in [-0.2, -0.15) is 0 Å². The Kier molecular flexibility index (Phi) is 3.47. The Bertz CT molecular complexity index is 410. The summed E-state index contributed by atoms with van der Waals surface area (Å²) in [4.78, 5) is 12.7. The summed E-state index contributed by atoms with van der Waals surface area (Å²) >= 11 is 0. The van der Waals surface area contributed by atoms with Gasteiger partial charge in [-0.15, -0.1) is 0 Å². The van der Waals surface area contributed by atoms with Gasteiger partial charge in [0.25, 0.3) is 0 Å². The molecule has 0 heterocycles. The maximum absolute atomic E-state index is 12.7. The molecule has 0 aliphatic heterocycles. The van der Waals surface area contributed by atoms with E-state index in [0.717, 1.165) is 25.7 Å². The van der Waals surface area contributed by atoms with Gasteiger partial charge in [-0.1, -0.05) is 43.2 Å². The molecule has 1 saturated carbocycles. The summed E-state index contributed by atoms with van der Waals surface area (Å²) in [5.74, 6) is 0.193. The van der Waals surface area contributed by atoms with Crippen LogP contribution < -0.4 is 5.32 Å². The van der Waals surface area contributed by atoms with E-state index in [2.05, 4.69) is 17.4 Å². The van der Waals surface area contributed by atoms with Crippen molar-refractivity contribution in [3.63, 3.8) is 0 Å². The fourth-order valence-corrected chi connectivity index (χ4v) is 2.84. The van der Waals surface area contributed by atoms with Crippen LogP contribution in [0.5, 0.6) is 0 Å². The monoisotopic (exact) mass is 245 g/mol.